The summed E-state index contributed by atoms with van der Waals surface area (Å²) in [5, 5.41) is 3.99. The third kappa shape index (κ3) is 4.81. The van der Waals surface area contributed by atoms with E-state index < -0.39 is 15.6 Å². The van der Waals surface area contributed by atoms with Crippen LogP contribution in [0.25, 0.3) is 0 Å². The number of rotatable bonds is 8. The van der Waals surface area contributed by atoms with Gasteiger partial charge < -0.3 is 4.57 Å². The Labute approximate surface area is 217 Å². The minimum atomic E-state index is -3.78. The Morgan fingerprint density at radius 2 is 1.24 bits per heavy atom. The number of hydrogen-bond acceptors (Lipinski definition) is 4. The van der Waals surface area contributed by atoms with Gasteiger partial charge in [0.2, 0.25) is 0 Å². The maximum atomic E-state index is 12.6. The molecule has 0 aliphatic heterocycles. The van der Waals surface area contributed by atoms with E-state index in [1.165, 1.54) is 6.21 Å². The van der Waals surface area contributed by atoms with Gasteiger partial charge >= 0.3 is 0 Å². The molecule has 0 spiro atoms. The highest BCUT2D eigenvalue weighted by atomic mass is 32.2. The number of sulfonamides is 1. The largest absolute Gasteiger partial charge is 0.318 e. The van der Waals surface area contributed by atoms with Gasteiger partial charge in [-0.1, -0.05) is 109 Å². The van der Waals surface area contributed by atoms with Crippen molar-refractivity contribution in [2.45, 2.75) is 17.4 Å². The van der Waals surface area contributed by atoms with Gasteiger partial charge in [-0.25, -0.2) is 9.82 Å². The second-order valence-corrected chi connectivity index (χ2v) is 10.3. The molecule has 4 aromatic carbocycles. The molecule has 0 atom stereocenters. The van der Waals surface area contributed by atoms with Gasteiger partial charge in [0.05, 0.1) is 17.4 Å². The lowest BCUT2D eigenvalue weighted by atomic mass is 9.77. The lowest BCUT2D eigenvalue weighted by Crippen LogP contribution is -2.36. The van der Waals surface area contributed by atoms with Crippen molar-refractivity contribution >= 4 is 16.2 Å². The topological polar surface area (TPSA) is 76.3 Å². The highest BCUT2D eigenvalue weighted by Gasteiger charge is 2.38. The molecule has 0 amide bonds. The monoisotopic (exact) mass is 506 g/mol. The zero-order valence-corrected chi connectivity index (χ0v) is 21.1. The van der Waals surface area contributed by atoms with Crippen LogP contribution in [0.2, 0.25) is 0 Å². The van der Waals surface area contributed by atoms with Gasteiger partial charge in [-0.3, -0.25) is 0 Å². The summed E-state index contributed by atoms with van der Waals surface area (Å²) < 4.78 is 27.2. The average Bonchev–Trinajstić information content (AvgIpc) is 3.40. The lowest BCUT2D eigenvalue weighted by Gasteiger charge is -2.37. The summed E-state index contributed by atoms with van der Waals surface area (Å²) >= 11 is 0. The number of imidazole rings is 1. The molecule has 0 bridgehead atoms. The Hall–Kier alpha value is -4.49. The van der Waals surface area contributed by atoms with E-state index in [1.807, 2.05) is 72.3 Å². The van der Waals surface area contributed by atoms with Gasteiger partial charge in [0.25, 0.3) is 10.0 Å². The van der Waals surface area contributed by atoms with Crippen molar-refractivity contribution < 1.29 is 8.42 Å². The van der Waals surface area contributed by atoms with Crippen molar-refractivity contribution in [3.05, 3.63) is 156 Å². The first-order valence-corrected chi connectivity index (χ1v) is 13.3. The quantitative estimate of drug-likeness (QED) is 0.175. The molecule has 7 heteroatoms. The van der Waals surface area contributed by atoms with E-state index in [-0.39, 0.29) is 4.90 Å². The Morgan fingerprint density at radius 3 is 1.73 bits per heavy atom. The SMILES string of the molecule is Cc1ccc(S(=O)(=O)N/N=C/c2cn(C(c3ccccc3)(c3ccccc3)c3ccccc3)cn2)cc1. The molecule has 5 aromatic rings. The normalized spacial score (nSPS) is 12.0. The van der Waals surface area contributed by atoms with Gasteiger partial charge in [-0.05, 0) is 35.7 Å². The minimum absolute atomic E-state index is 0.150. The van der Waals surface area contributed by atoms with Gasteiger partial charge in [0, 0.05) is 6.20 Å². The van der Waals surface area contributed by atoms with Crippen molar-refractivity contribution in [1.29, 1.82) is 0 Å². The number of aromatic nitrogens is 2. The predicted octanol–water partition coefficient (Wildman–Crippen LogP) is 5.34. The first-order chi connectivity index (χ1) is 18.0. The van der Waals surface area contributed by atoms with Crippen molar-refractivity contribution in [3.8, 4) is 0 Å². The summed E-state index contributed by atoms with van der Waals surface area (Å²) in [5.41, 5.74) is 3.98. The molecule has 184 valence electrons. The maximum absolute atomic E-state index is 12.6. The summed E-state index contributed by atoms with van der Waals surface area (Å²) in [6.45, 7) is 1.90. The van der Waals surface area contributed by atoms with E-state index >= 15 is 0 Å². The molecule has 0 saturated heterocycles. The average molecular weight is 507 g/mol. The van der Waals surface area contributed by atoms with Crippen LogP contribution in [0.3, 0.4) is 0 Å². The number of hydrogen-bond donors (Lipinski definition) is 1. The zero-order chi connectivity index (χ0) is 25.7. The standard InChI is InChI=1S/C30H26N4O2S/c1-24-17-19-29(20-18-24)37(35,36)33-32-21-28-22-34(23-31-28)30(25-11-5-2-6-12-25,26-13-7-3-8-14-26)27-15-9-4-10-16-27/h2-23,33H,1H3/b32-21+. The van der Waals surface area contributed by atoms with Crippen molar-refractivity contribution in [2.24, 2.45) is 5.10 Å². The first kappa shape index (κ1) is 24.2. The van der Waals surface area contributed by atoms with Crippen molar-refractivity contribution in [2.75, 3.05) is 0 Å². The first-order valence-electron chi connectivity index (χ1n) is 11.8. The van der Waals surface area contributed by atoms with Gasteiger partial charge in [0.1, 0.15) is 11.2 Å². The fourth-order valence-electron chi connectivity index (χ4n) is 4.51. The third-order valence-corrected chi connectivity index (χ3v) is 7.50. The van der Waals surface area contributed by atoms with Crippen LogP contribution >= 0.6 is 0 Å². The summed E-state index contributed by atoms with van der Waals surface area (Å²) in [6, 6.07) is 37.3. The number of aryl methyl sites for hydroxylation is 1. The van der Waals surface area contributed by atoms with Gasteiger partial charge in [0.15, 0.2) is 0 Å². The van der Waals surface area contributed by atoms with E-state index in [0.29, 0.717) is 5.69 Å². The molecular weight excluding hydrogens is 480 g/mol. The molecule has 1 N–H and O–H groups in total. The molecule has 37 heavy (non-hydrogen) atoms. The van der Waals surface area contributed by atoms with Crippen LogP contribution in [0.1, 0.15) is 27.9 Å². The predicted molar refractivity (Wildman–Crippen MR) is 146 cm³/mol. The molecule has 0 unspecified atom stereocenters. The van der Waals surface area contributed by atoms with Gasteiger partial charge in [-0.2, -0.15) is 13.5 Å². The highest BCUT2D eigenvalue weighted by Crippen LogP contribution is 2.40. The summed E-state index contributed by atoms with van der Waals surface area (Å²) in [4.78, 5) is 6.97. The second kappa shape index (κ2) is 10.2. The Balaban J connectivity index is 1.56. The fourth-order valence-corrected chi connectivity index (χ4v) is 5.30. The summed E-state index contributed by atoms with van der Waals surface area (Å²) in [7, 11) is -3.78. The molecule has 0 saturated carbocycles. The van der Waals surface area contributed by atoms with E-state index in [9.17, 15) is 8.42 Å². The van der Waals surface area contributed by atoms with Crippen LogP contribution in [0.4, 0.5) is 0 Å². The Kier molecular flexibility index (Phi) is 6.70. The van der Waals surface area contributed by atoms with Crippen LogP contribution in [-0.4, -0.2) is 24.2 Å². The van der Waals surface area contributed by atoms with Crippen LogP contribution in [0.15, 0.2) is 138 Å². The number of hydrazone groups is 1. The second-order valence-electron chi connectivity index (χ2n) is 8.68. The van der Waals surface area contributed by atoms with E-state index in [4.69, 9.17) is 0 Å². The Bertz CT molecular complexity index is 1500. The van der Waals surface area contributed by atoms with E-state index in [1.54, 1.807) is 30.6 Å². The molecule has 1 aromatic heterocycles. The molecule has 1 heterocycles. The molecule has 5 rings (SSSR count). The van der Waals surface area contributed by atoms with Crippen molar-refractivity contribution in [3.63, 3.8) is 0 Å². The fraction of sp³-hybridized carbons (Fsp3) is 0.0667. The summed E-state index contributed by atoms with van der Waals surface area (Å²) in [5.74, 6) is 0. The van der Waals surface area contributed by atoms with Crippen molar-refractivity contribution in [1.82, 2.24) is 14.4 Å². The highest BCUT2D eigenvalue weighted by molar-refractivity contribution is 7.89. The number of benzene rings is 4. The zero-order valence-electron chi connectivity index (χ0n) is 20.3. The molecule has 0 aliphatic rings. The van der Waals surface area contributed by atoms with Crippen LogP contribution < -0.4 is 4.83 Å². The summed E-state index contributed by atoms with van der Waals surface area (Å²) in [6.07, 6.45) is 5.04. The smallest absolute Gasteiger partial charge is 0.276 e. The van der Waals surface area contributed by atoms with Crippen LogP contribution in [-0.2, 0) is 15.6 Å². The molecular formula is C30H26N4O2S. The molecule has 0 radical (unpaired) electrons. The maximum Gasteiger partial charge on any atom is 0.276 e. The molecule has 6 nitrogen and oxygen atoms in total. The third-order valence-electron chi connectivity index (χ3n) is 6.27. The van der Waals surface area contributed by atoms with Crippen LogP contribution in [0, 0.1) is 6.92 Å². The molecule has 0 fully saturated rings. The van der Waals surface area contributed by atoms with Gasteiger partial charge in [-0.15, -0.1) is 0 Å². The Morgan fingerprint density at radius 1 is 0.757 bits per heavy atom. The van der Waals surface area contributed by atoms with Crippen LogP contribution in [0.5, 0.6) is 0 Å². The lowest BCUT2D eigenvalue weighted by molar-refractivity contribution is 0.514. The number of nitrogens with one attached hydrogen (secondary N) is 1. The number of nitrogens with zero attached hydrogens (tertiary/aromatic N) is 3. The van der Waals surface area contributed by atoms with E-state index in [0.717, 1.165) is 22.3 Å². The van der Waals surface area contributed by atoms with E-state index in [2.05, 4.69) is 51.3 Å². The minimum Gasteiger partial charge on any atom is -0.318 e. The molecule has 0 aliphatic carbocycles.